The third-order valence-electron chi connectivity index (χ3n) is 13.9. The number of amides is 1. The summed E-state index contributed by atoms with van der Waals surface area (Å²) in [4.78, 5) is 26.5. The van der Waals surface area contributed by atoms with E-state index in [9.17, 15) is 35.1 Å². The van der Waals surface area contributed by atoms with Crippen LogP contribution in [0.5, 0.6) is 0 Å². The van der Waals surface area contributed by atoms with Crippen molar-refractivity contribution in [3.63, 3.8) is 0 Å². The summed E-state index contributed by atoms with van der Waals surface area (Å²) in [5, 5.41) is 56.9. The molecule has 11 heteroatoms. The van der Waals surface area contributed by atoms with Crippen LogP contribution in [0, 0.1) is 0 Å². The van der Waals surface area contributed by atoms with Crippen molar-refractivity contribution in [2.45, 2.75) is 288 Å². The largest absolute Gasteiger partial charge is 0.454 e. The minimum Gasteiger partial charge on any atom is -0.454 e. The van der Waals surface area contributed by atoms with Crippen LogP contribution in [-0.2, 0) is 23.8 Å². The number of carbonyl (C=O) groups is 2. The number of nitrogens with one attached hydrogen (secondary N) is 1. The second kappa shape index (κ2) is 53.9. The molecule has 0 bridgehead atoms. The van der Waals surface area contributed by atoms with Gasteiger partial charge in [-0.3, -0.25) is 9.59 Å². The number of ether oxygens (including phenoxy) is 3. The molecule has 11 nitrogen and oxygen atoms in total. The number of unbranched alkanes of at least 4 members (excludes halogenated alkanes) is 21. The average molecular weight is 1090 g/mol. The molecule has 1 saturated heterocycles. The molecule has 0 aliphatic carbocycles. The molecular weight excluding hydrogens is 979 g/mol. The SMILES string of the molecule is CC/C=C\C/C=C\C/C=C\C/C=C\C/C=C\CCCCCCCCCC(=O)OC1C(OCC(NC(=O)C(O)CCCCC/C=C/C/C=C/C/C=C/CC)C(O)/C=C/CCCCCCCCCCCCC)OC(CO)C(O)C1O. The van der Waals surface area contributed by atoms with Gasteiger partial charge in [0.1, 0.15) is 24.4 Å². The van der Waals surface area contributed by atoms with Crippen molar-refractivity contribution in [2.24, 2.45) is 0 Å². The Morgan fingerprint density at radius 2 is 0.923 bits per heavy atom. The molecule has 78 heavy (non-hydrogen) atoms. The molecule has 446 valence electrons. The molecule has 8 atom stereocenters. The second-order valence-electron chi connectivity index (χ2n) is 21.0. The molecule has 1 rings (SSSR count). The Bertz CT molecular complexity index is 1680. The smallest absolute Gasteiger partial charge is 0.306 e. The van der Waals surface area contributed by atoms with Crippen LogP contribution < -0.4 is 5.32 Å². The number of esters is 1. The molecule has 0 saturated carbocycles. The van der Waals surface area contributed by atoms with E-state index in [2.05, 4.69) is 123 Å². The van der Waals surface area contributed by atoms with E-state index in [1.807, 2.05) is 6.08 Å². The van der Waals surface area contributed by atoms with Crippen LogP contribution in [0.1, 0.15) is 239 Å². The molecule has 0 spiro atoms. The zero-order valence-electron chi connectivity index (χ0n) is 49.2. The van der Waals surface area contributed by atoms with Crippen LogP contribution in [0.15, 0.2) is 109 Å². The highest BCUT2D eigenvalue weighted by Gasteiger charge is 2.47. The van der Waals surface area contributed by atoms with Gasteiger partial charge in [0.15, 0.2) is 12.4 Å². The topological polar surface area (TPSA) is 175 Å². The predicted octanol–water partition coefficient (Wildman–Crippen LogP) is 14.9. The lowest BCUT2D eigenvalue weighted by Crippen LogP contribution is -2.61. The molecular formula is C67H113NO10. The number of carbonyl (C=O) groups excluding carboxylic acids is 2. The lowest BCUT2D eigenvalue weighted by molar-refractivity contribution is -0.305. The number of aliphatic hydroxyl groups excluding tert-OH is 5. The first kappa shape index (κ1) is 72.3. The van der Waals surface area contributed by atoms with E-state index in [0.717, 1.165) is 141 Å². The fraction of sp³-hybridized carbons (Fsp3) is 0.701. The van der Waals surface area contributed by atoms with Crippen LogP contribution in [0.2, 0.25) is 0 Å². The van der Waals surface area contributed by atoms with E-state index in [1.54, 1.807) is 6.08 Å². The van der Waals surface area contributed by atoms with Gasteiger partial charge in [-0.1, -0.05) is 239 Å². The van der Waals surface area contributed by atoms with Gasteiger partial charge in [0, 0.05) is 6.42 Å². The summed E-state index contributed by atoms with van der Waals surface area (Å²) in [5.74, 6) is -1.24. The van der Waals surface area contributed by atoms with Gasteiger partial charge in [-0.15, -0.1) is 0 Å². The predicted molar refractivity (Wildman–Crippen MR) is 324 cm³/mol. The molecule has 0 aromatic heterocycles. The van der Waals surface area contributed by atoms with Crippen molar-refractivity contribution in [2.75, 3.05) is 13.2 Å². The van der Waals surface area contributed by atoms with Gasteiger partial charge in [0.2, 0.25) is 5.91 Å². The van der Waals surface area contributed by atoms with E-state index in [-0.39, 0.29) is 19.4 Å². The van der Waals surface area contributed by atoms with Gasteiger partial charge in [0.25, 0.3) is 0 Å². The molecule has 8 unspecified atom stereocenters. The Morgan fingerprint density at radius 3 is 1.38 bits per heavy atom. The lowest BCUT2D eigenvalue weighted by Gasteiger charge is -2.41. The van der Waals surface area contributed by atoms with Gasteiger partial charge in [-0.2, -0.15) is 0 Å². The van der Waals surface area contributed by atoms with Gasteiger partial charge in [0.05, 0.1) is 25.4 Å². The highest BCUT2D eigenvalue weighted by Crippen LogP contribution is 2.26. The fourth-order valence-electron chi connectivity index (χ4n) is 9.04. The number of allylic oxidation sites excluding steroid dienone is 17. The van der Waals surface area contributed by atoms with Crippen LogP contribution in [-0.4, -0.2) is 99.6 Å². The van der Waals surface area contributed by atoms with Gasteiger partial charge < -0.3 is 45.1 Å². The minimum atomic E-state index is -1.63. The van der Waals surface area contributed by atoms with Gasteiger partial charge in [-0.05, 0) is 103 Å². The van der Waals surface area contributed by atoms with Crippen LogP contribution in [0.4, 0.5) is 0 Å². The number of aliphatic hydroxyl groups is 5. The molecule has 1 heterocycles. The maximum atomic E-state index is 13.4. The number of rotatable bonds is 51. The number of hydrogen-bond donors (Lipinski definition) is 6. The molecule has 1 aliphatic rings. The lowest BCUT2D eigenvalue weighted by atomic mass is 9.99. The van der Waals surface area contributed by atoms with E-state index >= 15 is 0 Å². The van der Waals surface area contributed by atoms with Crippen molar-refractivity contribution in [1.29, 1.82) is 0 Å². The first-order valence-corrected chi connectivity index (χ1v) is 31.2. The maximum Gasteiger partial charge on any atom is 0.306 e. The maximum absolute atomic E-state index is 13.4. The minimum absolute atomic E-state index is 0.102. The third-order valence-corrected chi connectivity index (χ3v) is 13.9. The quantitative estimate of drug-likeness (QED) is 0.0195. The van der Waals surface area contributed by atoms with Crippen molar-refractivity contribution in [1.82, 2.24) is 5.32 Å². The molecule has 1 fully saturated rings. The van der Waals surface area contributed by atoms with Gasteiger partial charge >= 0.3 is 5.97 Å². The van der Waals surface area contributed by atoms with E-state index in [0.29, 0.717) is 12.8 Å². The molecule has 1 amide bonds. The van der Waals surface area contributed by atoms with Crippen LogP contribution >= 0.6 is 0 Å². The zero-order valence-corrected chi connectivity index (χ0v) is 49.2. The summed E-state index contributed by atoms with van der Waals surface area (Å²) in [6.07, 6.45) is 62.7. The van der Waals surface area contributed by atoms with Crippen LogP contribution in [0.25, 0.3) is 0 Å². The monoisotopic (exact) mass is 1090 g/mol. The normalized spacial score (nSPS) is 19.7. The molecule has 0 aromatic rings. The molecule has 6 N–H and O–H groups in total. The standard InChI is InChI=1S/C67H113NO10/c1-4-7-10-13-16-19-22-25-26-27-28-29-30-31-32-33-34-37-40-43-46-49-52-55-62(72)78-65-64(74)63(73)61(56-69)77-67(65)76-57-58(59(70)53-50-47-44-41-38-35-23-20-17-14-11-8-5-2)68-66(75)60(71)54-51-48-45-42-39-36-24-21-18-15-12-9-6-3/h7,9-10,12,16,18-19,21,25-26,28-29,31-32,36,39,50,53,58-61,63-65,67,69-71,73-74H,4-6,8,11,13-15,17,20,22-24,27,30,33-35,37-38,40-49,51-52,54-57H2,1-3H3,(H,68,75)/b10-7-,12-9+,19-16-,21-18+,26-25-,29-28-,32-31-,39-36+,53-50+. The highest BCUT2D eigenvalue weighted by atomic mass is 16.7. The van der Waals surface area contributed by atoms with Crippen LogP contribution in [0.3, 0.4) is 0 Å². The molecule has 0 radical (unpaired) electrons. The zero-order chi connectivity index (χ0) is 56.8. The summed E-state index contributed by atoms with van der Waals surface area (Å²) in [6, 6.07) is -1.04. The Morgan fingerprint density at radius 1 is 0.513 bits per heavy atom. The Hall–Kier alpha value is -3.68. The summed E-state index contributed by atoms with van der Waals surface area (Å²) in [7, 11) is 0. The first-order chi connectivity index (χ1) is 38.2. The van der Waals surface area contributed by atoms with Crippen molar-refractivity contribution < 1.29 is 49.3 Å². The first-order valence-electron chi connectivity index (χ1n) is 31.2. The molecule has 1 aliphatic heterocycles. The Balaban J connectivity index is 2.67. The third kappa shape index (κ3) is 41.3. The second-order valence-corrected chi connectivity index (χ2v) is 21.0. The van der Waals surface area contributed by atoms with E-state index in [4.69, 9.17) is 14.2 Å². The summed E-state index contributed by atoms with van der Waals surface area (Å²) < 4.78 is 17.6. The number of hydrogen-bond acceptors (Lipinski definition) is 10. The Labute approximate surface area is 475 Å². The van der Waals surface area contributed by atoms with Gasteiger partial charge in [-0.25, -0.2) is 0 Å². The summed E-state index contributed by atoms with van der Waals surface area (Å²) >= 11 is 0. The van der Waals surface area contributed by atoms with Crippen molar-refractivity contribution in [3.8, 4) is 0 Å². The Kier molecular flexibility index (Phi) is 50.0. The van der Waals surface area contributed by atoms with Crippen molar-refractivity contribution in [3.05, 3.63) is 109 Å². The average Bonchev–Trinajstić information content (AvgIpc) is 3.44. The fourth-order valence-corrected chi connectivity index (χ4v) is 9.04. The summed E-state index contributed by atoms with van der Waals surface area (Å²) in [5.41, 5.74) is 0. The summed E-state index contributed by atoms with van der Waals surface area (Å²) in [6.45, 7) is 5.53. The van der Waals surface area contributed by atoms with Crippen molar-refractivity contribution >= 4 is 11.9 Å². The molecule has 0 aromatic carbocycles. The highest BCUT2D eigenvalue weighted by molar-refractivity contribution is 5.80. The van der Waals surface area contributed by atoms with E-state index < -0.39 is 67.4 Å². The van der Waals surface area contributed by atoms with E-state index in [1.165, 1.54) is 51.4 Å².